The Morgan fingerprint density at radius 3 is 1.93 bits per heavy atom. The normalized spacial score (nSPS) is 16.3. The topological polar surface area (TPSA) is 202 Å². The van der Waals surface area contributed by atoms with Crippen LogP contribution in [-0.2, 0) is 36.7 Å². The number of ether oxygens (including phenoxy) is 4. The average Bonchev–Trinajstić information content (AvgIpc) is 3.36. The first-order chi connectivity index (χ1) is 35.6. The van der Waals surface area contributed by atoms with Gasteiger partial charge >= 0.3 is 12.2 Å². The monoisotopic (exact) mass is 1030 g/mol. The van der Waals surface area contributed by atoms with E-state index in [4.69, 9.17) is 18.9 Å². The van der Waals surface area contributed by atoms with E-state index in [1.807, 2.05) is 25.1 Å². The van der Waals surface area contributed by atoms with Crippen molar-refractivity contribution in [3.8, 4) is 39.8 Å². The third-order valence-corrected chi connectivity index (χ3v) is 12.5. The number of amides is 4. The number of Topliss-reactive ketones (excluding diaryl/α,β-unsaturated/α-hetero) is 2. The molecule has 0 radical (unpaired) electrons. The van der Waals surface area contributed by atoms with Crippen molar-refractivity contribution in [2.45, 2.75) is 143 Å². The number of carbonyl (C=O) groups excluding carboxylic acids is 6. The van der Waals surface area contributed by atoms with E-state index in [1.165, 1.54) is 17.5 Å². The van der Waals surface area contributed by atoms with Crippen LogP contribution >= 0.6 is 0 Å². The molecule has 1 heterocycles. The Balaban J connectivity index is 1.54. The Morgan fingerprint density at radius 1 is 0.747 bits per heavy atom. The molecular formula is C60H77N5O10. The summed E-state index contributed by atoms with van der Waals surface area (Å²) in [5, 5.41) is 18.5. The van der Waals surface area contributed by atoms with E-state index in [0.717, 1.165) is 30.4 Å². The molecule has 5 rings (SSSR count). The Hall–Kier alpha value is -7.21. The Morgan fingerprint density at radius 2 is 1.33 bits per heavy atom. The standard InChI is InChI=1S/C60H77N5O10/c1-11-13-15-40-17-20-42(21-18-40)43-22-24-44(25-23-43)50(66)37-46(16-14-29-62-57(70)74-59(4,5)6)56(69)65(10)54-45-26-28-53(72-31-12-2)49(36-45)48-35-41(34-47(38-61)64-55(68)39(3)33-51(54)67)19-27-52(48)73-32-30-63-58(71)75-60(7,8)9/h17-28,35-36,39,46-47,54H,11-16,29-34,37H2,1-10H3,(H,62,70)(H,63,71)(H,64,68)/t39-,46-,47+,54+/m1/s1. The summed E-state index contributed by atoms with van der Waals surface area (Å²) in [4.78, 5) is 84.5. The number of alkyl carbamates (subject to hydrolysis) is 2. The van der Waals surface area contributed by atoms with Crippen LogP contribution in [0.15, 0.2) is 84.9 Å². The van der Waals surface area contributed by atoms with Crippen molar-refractivity contribution in [1.82, 2.24) is 20.9 Å². The zero-order chi connectivity index (χ0) is 54.9. The van der Waals surface area contributed by atoms with Gasteiger partial charge in [0.15, 0.2) is 11.6 Å². The molecule has 15 heteroatoms. The molecule has 1 aliphatic heterocycles. The van der Waals surface area contributed by atoms with E-state index in [9.17, 15) is 29.2 Å². The van der Waals surface area contributed by atoms with Gasteiger partial charge in [-0.05, 0) is 126 Å². The number of benzene rings is 4. The number of unbranched alkanes of at least 4 members (excludes halogenated alkanes) is 1. The summed E-state index contributed by atoms with van der Waals surface area (Å²) in [5.74, 6) is -2.66. The molecular weight excluding hydrogens is 951 g/mol. The summed E-state index contributed by atoms with van der Waals surface area (Å²) in [6.07, 6.45) is 2.86. The van der Waals surface area contributed by atoms with Crippen molar-refractivity contribution in [3.05, 3.63) is 107 Å². The first-order valence-corrected chi connectivity index (χ1v) is 26.3. The van der Waals surface area contributed by atoms with E-state index in [1.54, 1.807) is 90.9 Å². The second kappa shape index (κ2) is 27.4. The third kappa shape index (κ3) is 18.0. The van der Waals surface area contributed by atoms with Crippen molar-refractivity contribution < 1.29 is 47.7 Å². The van der Waals surface area contributed by atoms with Crippen LogP contribution in [0.25, 0.3) is 22.3 Å². The van der Waals surface area contributed by atoms with Gasteiger partial charge in [-0.15, -0.1) is 0 Å². The van der Waals surface area contributed by atoms with Crippen LogP contribution in [0.4, 0.5) is 9.59 Å². The van der Waals surface area contributed by atoms with Gasteiger partial charge < -0.3 is 39.8 Å². The second-order valence-electron chi connectivity index (χ2n) is 21.3. The maximum absolute atomic E-state index is 15.2. The number of hydrogen-bond acceptors (Lipinski definition) is 11. The molecule has 4 bridgehead atoms. The number of aryl methyl sites for hydroxylation is 1. The molecule has 0 aromatic heterocycles. The Labute approximate surface area is 443 Å². The fourth-order valence-corrected chi connectivity index (χ4v) is 8.76. The predicted molar refractivity (Wildman–Crippen MR) is 289 cm³/mol. The van der Waals surface area contributed by atoms with E-state index in [-0.39, 0.29) is 51.2 Å². The molecule has 0 aliphatic carbocycles. The van der Waals surface area contributed by atoms with Crippen LogP contribution in [0.2, 0.25) is 0 Å². The van der Waals surface area contributed by atoms with Gasteiger partial charge in [0, 0.05) is 61.4 Å². The molecule has 4 atom stereocenters. The molecule has 4 aromatic carbocycles. The third-order valence-electron chi connectivity index (χ3n) is 12.5. The number of nitriles is 1. The SMILES string of the molecule is CCCCc1ccc(-c2ccc(C(=O)C[C@@H](CCCNC(=O)OC(C)(C)C)C(=O)N(C)[C@@H]3C(=O)C[C@@H](C)C(=O)N[C@H](C#N)Cc4ccc(OCCNC(=O)OC(C)(C)C)c(c4)-c4cc3ccc4OCCC)cc2)cc1. The fourth-order valence-electron chi connectivity index (χ4n) is 8.76. The molecule has 75 heavy (non-hydrogen) atoms. The van der Waals surface area contributed by atoms with Gasteiger partial charge in [0.25, 0.3) is 0 Å². The number of carbonyl (C=O) groups is 6. The molecule has 0 fully saturated rings. The zero-order valence-electron chi connectivity index (χ0n) is 45.6. The van der Waals surface area contributed by atoms with Crippen LogP contribution in [0.3, 0.4) is 0 Å². The lowest BCUT2D eigenvalue weighted by atomic mass is 9.88. The number of fused-ring (bicyclic) bond motifs is 5. The van der Waals surface area contributed by atoms with Crippen molar-refractivity contribution >= 4 is 35.6 Å². The van der Waals surface area contributed by atoms with Crippen molar-refractivity contribution in [1.29, 1.82) is 5.26 Å². The summed E-state index contributed by atoms with van der Waals surface area (Å²) in [7, 11) is 1.53. The lowest BCUT2D eigenvalue weighted by Gasteiger charge is -2.32. The first-order valence-electron chi connectivity index (χ1n) is 26.3. The van der Waals surface area contributed by atoms with Crippen LogP contribution in [0.5, 0.6) is 11.5 Å². The van der Waals surface area contributed by atoms with Crippen molar-refractivity contribution in [2.75, 3.05) is 33.4 Å². The number of ketones is 2. The Bertz CT molecular complexity index is 2650. The summed E-state index contributed by atoms with van der Waals surface area (Å²) < 4.78 is 23.5. The lowest BCUT2D eigenvalue weighted by Crippen LogP contribution is -2.43. The predicted octanol–water partition coefficient (Wildman–Crippen LogP) is 10.9. The fraction of sp³-hybridized carbons (Fsp3) is 0.483. The number of likely N-dealkylation sites (N-methyl/N-ethyl adjacent to an activating group) is 1. The minimum atomic E-state index is -1.25. The summed E-state index contributed by atoms with van der Waals surface area (Å²) in [5.41, 5.74) is 4.43. The molecule has 0 spiro atoms. The highest BCUT2D eigenvalue weighted by Gasteiger charge is 2.36. The molecule has 3 N–H and O–H groups in total. The van der Waals surface area contributed by atoms with Gasteiger partial charge in [-0.3, -0.25) is 19.2 Å². The van der Waals surface area contributed by atoms with Gasteiger partial charge in [-0.25, -0.2) is 9.59 Å². The number of nitrogens with zero attached hydrogens (tertiary/aromatic N) is 2. The molecule has 0 saturated heterocycles. The Kier molecular flexibility index (Phi) is 21.4. The number of rotatable bonds is 20. The first kappa shape index (κ1) is 58.7. The lowest BCUT2D eigenvalue weighted by molar-refractivity contribution is -0.142. The molecule has 402 valence electrons. The average molecular weight is 1030 g/mol. The van der Waals surface area contributed by atoms with E-state index >= 15 is 4.79 Å². The number of hydrogen-bond donors (Lipinski definition) is 3. The maximum Gasteiger partial charge on any atom is 0.407 e. The van der Waals surface area contributed by atoms with E-state index in [2.05, 4.69) is 53.2 Å². The minimum absolute atomic E-state index is 0.0497. The molecule has 0 unspecified atom stereocenters. The zero-order valence-corrected chi connectivity index (χ0v) is 45.6. The molecule has 0 saturated carbocycles. The highest BCUT2D eigenvalue weighted by atomic mass is 16.6. The smallest absolute Gasteiger partial charge is 0.407 e. The molecule has 4 amide bonds. The molecule has 15 nitrogen and oxygen atoms in total. The van der Waals surface area contributed by atoms with E-state index < -0.39 is 64.9 Å². The van der Waals surface area contributed by atoms with Crippen LogP contribution in [-0.4, -0.2) is 91.1 Å². The van der Waals surface area contributed by atoms with Crippen LogP contribution in [0, 0.1) is 23.2 Å². The summed E-state index contributed by atoms with van der Waals surface area (Å²) >= 11 is 0. The van der Waals surface area contributed by atoms with Gasteiger partial charge in [0.05, 0.1) is 19.2 Å². The van der Waals surface area contributed by atoms with Crippen LogP contribution < -0.4 is 25.4 Å². The summed E-state index contributed by atoms with van der Waals surface area (Å²) in [6, 6.07) is 26.3. The quantitative estimate of drug-likeness (QED) is 0.0561. The maximum atomic E-state index is 15.2. The van der Waals surface area contributed by atoms with Crippen LogP contribution in [0.1, 0.15) is 140 Å². The highest BCUT2D eigenvalue weighted by molar-refractivity contribution is 6.00. The van der Waals surface area contributed by atoms with Gasteiger partial charge in [0.1, 0.15) is 41.4 Å². The van der Waals surface area contributed by atoms with Crippen molar-refractivity contribution in [3.63, 3.8) is 0 Å². The van der Waals surface area contributed by atoms with Gasteiger partial charge in [-0.2, -0.15) is 5.26 Å². The van der Waals surface area contributed by atoms with E-state index in [0.29, 0.717) is 58.8 Å². The second-order valence-corrected chi connectivity index (χ2v) is 21.3. The number of nitrogens with one attached hydrogen (secondary N) is 3. The van der Waals surface area contributed by atoms with Crippen molar-refractivity contribution in [2.24, 2.45) is 11.8 Å². The van der Waals surface area contributed by atoms with Gasteiger partial charge in [0.2, 0.25) is 11.8 Å². The van der Waals surface area contributed by atoms with Gasteiger partial charge in [-0.1, -0.05) is 87.9 Å². The highest BCUT2D eigenvalue weighted by Crippen LogP contribution is 2.41. The minimum Gasteiger partial charge on any atom is -0.493 e. The molecule has 4 aromatic rings. The molecule has 1 aliphatic rings. The summed E-state index contributed by atoms with van der Waals surface area (Å²) in [6.45, 7) is 17.0. The largest absolute Gasteiger partial charge is 0.493 e.